The van der Waals surface area contributed by atoms with Gasteiger partial charge in [-0.2, -0.15) is 5.26 Å². The zero-order valence-corrected chi connectivity index (χ0v) is 12.9. The van der Waals surface area contributed by atoms with Crippen molar-refractivity contribution < 1.29 is 8.78 Å². The first-order chi connectivity index (χ1) is 11.2. The van der Waals surface area contributed by atoms with Crippen LogP contribution < -0.4 is 0 Å². The van der Waals surface area contributed by atoms with E-state index in [4.69, 9.17) is 5.26 Å². The van der Waals surface area contributed by atoms with Crippen LogP contribution in [0.15, 0.2) is 54.9 Å². The van der Waals surface area contributed by atoms with Gasteiger partial charge >= 0.3 is 0 Å². The second kappa shape index (κ2) is 8.85. The van der Waals surface area contributed by atoms with Crippen LogP contribution in [0.4, 0.5) is 8.78 Å². The van der Waals surface area contributed by atoms with Gasteiger partial charge in [0.15, 0.2) is 0 Å². The Morgan fingerprint density at radius 3 is 2.35 bits per heavy atom. The first kappa shape index (κ1) is 16.9. The summed E-state index contributed by atoms with van der Waals surface area (Å²) in [4.78, 5) is 0. The number of nitriles is 1. The average Bonchev–Trinajstić information content (AvgIpc) is 2.58. The zero-order valence-electron chi connectivity index (χ0n) is 12.9. The number of hydrogen-bond donors (Lipinski definition) is 0. The Labute approximate surface area is 135 Å². The summed E-state index contributed by atoms with van der Waals surface area (Å²) in [7, 11) is 0. The Balaban J connectivity index is 1.92. The molecule has 3 heteroatoms. The molecule has 0 fully saturated rings. The van der Waals surface area contributed by atoms with E-state index < -0.39 is 5.82 Å². The Kier molecular flexibility index (Phi) is 6.50. The van der Waals surface area contributed by atoms with E-state index in [1.807, 2.05) is 30.3 Å². The molecular weight excluding hydrogens is 292 g/mol. The van der Waals surface area contributed by atoms with E-state index in [0.717, 1.165) is 43.2 Å². The van der Waals surface area contributed by atoms with Gasteiger partial charge in [-0.05, 0) is 54.5 Å². The summed E-state index contributed by atoms with van der Waals surface area (Å²) in [5.74, 6) is -0.489. The minimum absolute atomic E-state index is 0.0629. The van der Waals surface area contributed by atoms with Gasteiger partial charge in [-0.3, -0.25) is 0 Å². The number of nitrogens with zero attached hydrogens (tertiary/aromatic N) is 1. The predicted octanol–water partition coefficient (Wildman–Crippen LogP) is 5.95. The fourth-order valence-corrected chi connectivity index (χ4v) is 2.48. The van der Waals surface area contributed by atoms with E-state index >= 15 is 0 Å². The molecule has 0 atom stereocenters. The van der Waals surface area contributed by atoms with E-state index in [2.05, 4.69) is 0 Å². The second-order valence-corrected chi connectivity index (χ2v) is 5.46. The molecule has 0 spiro atoms. The quantitative estimate of drug-likeness (QED) is 0.580. The van der Waals surface area contributed by atoms with Gasteiger partial charge in [-0.15, -0.1) is 0 Å². The van der Waals surface area contributed by atoms with Gasteiger partial charge in [-0.25, -0.2) is 8.78 Å². The normalized spacial score (nSPS) is 10.8. The molecule has 2 aromatic carbocycles. The van der Waals surface area contributed by atoms with Gasteiger partial charge in [0, 0.05) is 0 Å². The first-order valence-electron chi connectivity index (χ1n) is 7.79. The number of rotatable bonds is 7. The molecule has 0 aromatic heterocycles. The topological polar surface area (TPSA) is 23.8 Å². The number of halogens is 2. The predicted molar refractivity (Wildman–Crippen MR) is 89.0 cm³/mol. The molecule has 0 bridgehead atoms. The van der Waals surface area contributed by atoms with Gasteiger partial charge in [0.25, 0.3) is 0 Å². The van der Waals surface area contributed by atoms with Crippen LogP contribution in [-0.2, 0) is 6.42 Å². The summed E-state index contributed by atoms with van der Waals surface area (Å²) < 4.78 is 25.5. The molecular formula is C20H19F2N. The fraction of sp³-hybridized carbons (Fsp3) is 0.250. The molecule has 0 radical (unpaired) electrons. The van der Waals surface area contributed by atoms with Crippen LogP contribution in [0.3, 0.4) is 0 Å². The van der Waals surface area contributed by atoms with Crippen LogP contribution in [0.1, 0.15) is 36.8 Å². The molecule has 1 nitrogen and oxygen atoms in total. The SMILES string of the molecule is N#Cc1ccc(-c2ccc(CCCCCC=CF)cc2)cc1F. The first-order valence-corrected chi connectivity index (χ1v) is 7.79. The Morgan fingerprint density at radius 1 is 0.957 bits per heavy atom. The van der Waals surface area contributed by atoms with Gasteiger partial charge in [0.05, 0.1) is 11.9 Å². The maximum absolute atomic E-state index is 13.7. The number of allylic oxidation sites excluding steroid dienone is 1. The molecule has 0 saturated carbocycles. The highest BCUT2D eigenvalue weighted by Gasteiger charge is 2.04. The van der Waals surface area contributed by atoms with E-state index in [1.165, 1.54) is 17.7 Å². The van der Waals surface area contributed by atoms with Crippen LogP contribution >= 0.6 is 0 Å². The molecule has 0 aliphatic rings. The van der Waals surface area contributed by atoms with E-state index in [0.29, 0.717) is 6.33 Å². The molecule has 118 valence electrons. The minimum Gasteiger partial charge on any atom is -0.216 e. The van der Waals surface area contributed by atoms with Crippen molar-refractivity contribution in [3.8, 4) is 17.2 Å². The Morgan fingerprint density at radius 2 is 1.70 bits per heavy atom. The van der Waals surface area contributed by atoms with Crippen LogP contribution in [-0.4, -0.2) is 0 Å². The molecule has 0 amide bonds. The van der Waals surface area contributed by atoms with E-state index in [9.17, 15) is 8.78 Å². The zero-order chi connectivity index (χ0) is 16.5. The van der Waals surface area contributed by atoms with Crippen molar-refractivity contribution in [2.24, 2.45) is 0 Å². The highest BCUT2D eigenvalue weighted by atomic mass is 19.1. The smallest absolute Gasteiger partial charge is 0.141 e. The minimum atomic E-state index is -0.489. The third-order valence-corrected chi connectivity index (χ3v) is 3.80. The van der Waals surface area contributed by atoms with Crippen molar-refractivity contribution in [2.75, 3.05) is 0 Å². The van der Waals surface area contributed by atoms with Crippen LogP contribution in [0, 0.1) is 17.1 Å². The van der Waals surface area contributed by atoms with Crippen molar-refractivity contribution >= 4 is 0 Å². The highest BCUT2D eigenvalue weighted by molar-refractivity contribution is 5.64. The molecule has 0 heterocycles. The lowest BCUT2D eigenvalue weighted by Crippen LogP contribution is -1.88. The summed E-state index contributed by atoms with van der Waals surface area (Å²) in [6.07, 6.45) is 7.08. The number of hydrogen-bond acceptors (Lipinski definition) is 1. The highest BCUT2D eigenvalue weighted by Crippen LogP contribution is 2.22. The molecule has 0 unspecified atom stereocenters. The molecule has 2 rings (SSSR count). The van der Waals surface area contributed by atoms with Gasteiger partial charge in [0.1, 0.15) is 11.9 Å². The largest absolute Gasteiger partial charge is 0.216 e. The van der Waals surface area contributed by atoms with Gasteiger partial charge in [0.2, 0.25) is 0 Å². The average molecular weight is 311 g/mol. The Hall–Kier alpha value is -2.47. The number of aryl methyl sites for hydroxylation is 1. The lowest BCUT2D eigenvalue weighted by atomic mass is 10.00. The third kappa shape index (κ3) is 5.03. The Bertz CT molecular complexity index is 697. The summed E-state index contributed by atoms with van der Waals surface area (Å²) in [6, 6.07) is 14.5. The van der Waals surface area contributed by atoms with Crippen molar-refractivity contribution in [1.29, 1.82) is 5.26 Å². The molecule has 23 heavy (non-hydrogen) atoms. The van der Waals surface area contributed by atoms with E-state index in [-0.39, 0.29) is 5.56 Å². The summed E-state index contributed by atoms with van der Waals surface area (Å²) in [5, 5.41) is 8.75. The second-order valence-electron chi connectivity index (χ2n) is 5.46. The molecule has 0 aliphatic heterocycles. The van der Waals surface area contributed by atoms with Crippen LogP contribution in [0.2, 0.25) is 0 Å². The van der Waals surface area contributed by atoms with E-state index in [1.54, 1.807) is 12.1 Å². The molecule has 0 aliphatic carbocycles. The monoisotopic (exact) mass is 311 g/mol. The van der Waals surface area contributed by atoms with Crippen molar-refractivity contribution in [2.45, 2.75) is 32.1 Å². The maximum Gasteiger partial charge on any atom is 0.141 e. The number of benzene rings is 2. The van der Waals surface area contributed by atoms with Crippen molar-refractivity contribution in [3.05, 3.63) is 71.8 Å². The van der Waals surface area contributed by atoms with Gasteiger partial charge < -0.3 is 0 Å². The molecule has 0 saturated heterocycles. The lowest BCUT2D eigenvalue weighted by molar-refractivity contribution is 0.624. The standard InChI is InChI=1S/C20H19F2N/c21-13-5-3-1-2-4-6-16-7-9-17(10-8-16)18-11-12-19(15-23)20(22)14-18/h5,7-14H,1-4,6H2. The summed E-state index contributed by atoms with van der Waals surface area (Å²) in [5.41, 5.74) is 3.01. The number of unbranched alkanes of at least 4 members (excludes halogenated alkanes) is 3. The maximum atomic E-state index is 13.7. The lowest BCUT2D eigenvalue weighted by Gasteiger charge is -2.05. The van der Waals surface area contributed by atoms with Crippen LogP contribution in [0.25, 0.3) is 11.1 Å². The van der Waals surface area contributed by atoms with Crippen LogP contribution in [0.5, 0.6) is 0 Å². The van der Waals surface area contributed by atoms with Crippen molar-refractivity contribution in [3.63, 3.8) is 0 Å². The summed E-state index contributed by atoms with van der Waals surface area (Å²) >= 11 is 0. The van der Waals surface area contributed by atoms with Crippen molar-refractivity contribution in [1.82, 2.24) is 0 Å². The summed E-state index contributed by atoms with van der Waals surface area (Å²) in [6.45, 7) is 0. The fourth-order valence-electron chi connectivity index (χ4n) is 2.48. The third-order valence-electron chi connectivity index (χ3n) is 3.80. The molecule has 2 aromatic rings. The molecule has 0 N–H and O–H groups in total. The van der Waals surface area contributed by atoms with Gasteiger partial charge in [-0.1, -0.05) is 42.8 Å².